The van der Waals surface area contributed by atoms with Gasteiger partial charge in [0, 0.05) is 5.39 Å². The third kappa shape index (κ3) is 4.41. The minimum absolute atomic E-state index is 0.290. The minimum atomic E-state index is -3.06. The summed E-state index contributed by atoms with van der Waals surface area (Å²) in [6.07, 6.45) is 4.61. The summed E-state index contributed by atoms with van der Waals surface area (Å²) in [5, 5.41) is 0.761. The molecule has 5 heteroatoms. The summed E-state index contributed by atoms with van der Waals surface area (Å²) in [5.41, 5.74) is 3.13. The zero-order valence-corrected chi connectivity index (χ0v) is 16.0. The van der Waals surface area contributed by atoms with Crippen LogP contribution in [-0.4, -0.2) is 13.7 Å². The fraction of sp³-hybridized carbons (Fsp3) is 0.304. The largest absolute Gasteiger partial charge is 0.490 e. The molecule has 0 spiro atoms. The van der Waals surface area contributed by atoms with Gasteiger partial charge in [0.05, 0.1) is 7.11 Å². The highest BCUT2D eigenvalue weighted by Gasteiger charge is 2.18. The van der Waals surface area contributed by atoms with Crippen LogP contribution in [0.1, 0.15) is 31.7 Å². The monoisotopic (exact) mass is 388 g/mol. The number of methoxy groups -OCH3 is 1. The van der Waals surface area contributed by atoms with E-state index in [1.807, 2.05) is 18.2 Å². The number of hydrogen-bond acceptors (Lipinski definition) is 2. The lowest BCUT2D eigenvalue weighted by atomic mass is 9.98. The summed E-state index contributed by atoms with van der Waals surface area (Å²) in [7, 11) is 1.22. The van der Waals surface area contributed by atoms with Gasteiger partial charge in [-0.05, 0) is 47.1 Å². The second-order valence-electron chi connectivity index (χ2n) is 6.69. The molecule has 0 amide bonds. The van der Waals surface area contributed by atoms with Crippen molar-refractivity contribution in [2.75, 3.05) is 7.11 Å². The van der Waals surface area contributed by atoms with Gasteiger partial charge in [0.2, 0.25) is 0 Å². The molecule has 0 aromatic heterocycles. The number of unbranched alkanes of at least 4 members (excludes halogenated alkanes) is 2. The van der Waals surface area contributed by atoms with Crippen LogP contribution in [0, 0.1) is 5.82 Å². The molecule has 0 unspecified atom stereocenters. The summed E-state index contributed by atoms with van der Waals surface area (Å²) in [6, 6.07) is 14.8. The highest BCUT2D eigenvalue weighted by atomic mass is 19.3. The van der Waals surface area contributed by atoms with E-state index in [-0.39, 0.29) is 11.5 Å². The van der Waals surface area contributed by atoms with Crippen molar-refractivity contribution in [1.29, 1.82) is 0 Å². The van der Waals surface area contributed by atoms with Crippen molar-refractivity contribution in [2.45, 2.75) is 39.2 Å². The van der Waals surface area contributed by atoms with Gasteiger partial charge in [0.15, 0.2) is 17.3 Å². The molecule has 0 heterocycles. The molecular weight excluding hydrogens is 365 g/mol. The number of benzene rings is 3. The minimum Gasteiger partial charge on any atom is -0.490 e. The van der Waals surface area contributed by atoms with Crippen molar-refractivity contribution in [3.8, 4) is 22.6 Å². The molecule has 3 aromatic rings. The third-order valence-electron chi connectivity index (χ3n) is 4.77. The van der Waals surface area contributed by atoms with Crippen LogP contribution < -0.4 is 9.47 Å². The van der Waals surface area contributed by atoms with Gasteiger partial charge in [-0.2, -0.15) is 8.78 Å². The number of halogens is 3. The van der Waals surface area contributed by atoms with E-state index < -0.39 is 12.4 Å². The van der Waals surface area contributed by atoms with E-state index >= 15 is 0 Å². The SMILES string of the molecule is CCCCCc1ccc(-c2ccc3c(F)c(OC)c(OC(F)F)cc3c2)cc1. The van der Waals surface area contributed by atoms with Gasteiger partial charge in [0.25, 0.3) is 0 Å². The second kappa shape index (κ2) is 9.00. The van der Waals surface area contributed by atoms with Gasteiger partial charge < -0.3 is 9.47 Å². The molecule has 3 aromatic carbocycles. The number of fused-ring (bicyclic) bond motifs is 1. The highest BCUT2D eigenvalue weighted by molar-refractivity contribution is 5.90. The van der Waals surface area contributed by atoms with Crippen LogP contribution in [-0.2, 0) is 6.42 Å². The zero-order valence-electron chi connectivity index (χ0n) is 16.0. The molecule has 0 bridgehead atoms. The van der Waals surface area contributed by atoms with Crippen LogP contribution in [0.5, 0.6) is 11.5 Å². The summed E-state index contributed by atoms with van der Waals surface area (Å²) in [4.78, 5) is 0. The molecule has 0 aliphatic heterocycles. The van der Waals surface area contributed by atoms with Gasteiger partial charge in [0.1, 0.15) is 0 Å². The predicted octanol–water partition coefficient (Wildman–Crippen LogP) is 6.99. The standard InChI is InChI=1S/C23H23F3O2/c1-3-4-5-6-15-7-9-16(10-8-15)17-11-12-19-18(13-17)14-20(28-23(25)26)22(27-2)21(19)24/h7-14,23H,3-6H2,1-2H3. The van der Waals surface area contributed by atoms with Crippen LogP contribution in [0.15, 0.2) is 48.5 Å². The second-order valence-corrected chi connectivity index (χ2v) is 6.69. The number of alkyl halides is 2. The molecule has 0 radical (unpaired) electrons. The topological polar surface area (TPSA) is 18.5 Å². The van der Waals surface area contributed by atoms with Gasteiger partial charge in [-0.3, -0.25) is 0 Å². The van der Waals surface area contributed by atoms with Crippen molar-refractivity contribution < 1.29 is 22.6 Å². The number of hydrogen-bond donors (Lipinski definition) is 0. The van der Waals surface area contributed by atoms with E-state index in [2.05, 4.69) is 23.8 Å². The number of aryl methyl sites for hydroxylation is 1. The molecule has 3 rings (SSSR count). The first-order valence-corrected chi connectivity index (χ1v) is 9.38. The van der Waals surface area contributed by atoms with E-state index in [0.717, 1.165) is 17.5 Å². The van der Waals surface area contributed by atoms with Crippen LogP contribution in [0.4, 0.5) is 13.2 Å². The van der Waals surface area contributed by atoms with Crippen LogP contribution >= 0.6 is 0 Å². The van der Waals surface area contributed by atoms with E-state index in [1.165, 1.54) is 38.0 Å². The van der Waals surface area contributed by atoms with Crippen molar-refractivity contribution in [3.05, 3.63) is 59.9 Å². The Labute approximate surface area is 162 Å². The van der Waals surface area contributed by atoms with E-state index in [9.17, 15) is 13.2 Å². The molecule has 0 aliphatic carbocycles. The summed E-state index contributed by atoms with van der Waals surface area (Å²) >= 11 is 0. The molecule has 0 saturated heterocycles. The Morgan fingerprint density at radius 1 is 0.929 bits per heavy atom. The maximum absolute atomic E-state index is 14.7. The first-order chi connectivity index (χ1) is 13.5. The molecule has 148 valence electrons. The summed E-state index contributed by atoms with van der Waals surface area (Å²) in [5.74, 6) is -1.35. The first kappa shape index (κ1) is 20.1. The molecule has 2 nitrogen and oxygen atoms in total. The van der Waals surface area contributed by atoms with Gasteiger partial charge >= 0.3 is 6.61 Å². The molecule has 28 heavy (non-hydrogen) atoms. The smallest absolute Gasteiger partial charge is 0.387 e. The van der Waals surface area contributed by atoms with Crippen molar-refractivity contribution >= 4 is 10.8 Å². The normalized spacial score (nSPS) is 11.2. The quantitative estimate of drug-likeness (QED) is 0.387. The summed E-state index contributed by atoms with van der Waals surface area (Å²) in [6.45, 7) is -0.881. The number of rotatable bonds is 8. The van der Waals surface area contributed by atoms with Crippen LogP contribution in [0.3, 0.4) is 0 Å². The lowest BCUT2D eigenvalue weighted by molar-refractivity contribution is -0.0513. The van der Waals surface area contributed by atoms with Gasteiger partial charge in [-0.15, -0.1) is 0 Å². The Balaban J connectivity index is 1.95. The Kier molecular flexibility index (Phi) is 6.45. The highest BCUT2D eigenvalue weighted by Crippen LogP contribution is 2.38. The Hall–Kier alpha value is -2.69. The van der Waals surface area contributed by atoms with E-state index in [4.69, 9.17) is 4.74 Å². The molecule has 0 fully saturated rings. The maximum atomic E-state index is 14.7. The van der Waals surface area contributed by atoms with E-state index in [1.54, 1.807) is 12.1 Å². The Morgan fingerprint density at radius 2 is 1.64 bits per heavy atom. The van der Waals surface area contributed by atoms with Crippen molar-refractivity contribution in [2.24, 2.45) is 0 Å². The summed E-state index contributed by atoms with van der Waals surface area (Å²) < 4.78 is 49.3. The average Bonchev–Trinajstić information content (AvgIpc) is 2.68. The molecule has 0 aliphatic rings. The van der Waals surface area contributed by atoms with Crippen LogP contribution in [0.2, 0.25) is 0 Å². The Bertz CT molecular complexity index is 937. The van der Waals surface area contributed by atoms with Gasteiger partial charge in [-0.25, -0.2) is 4.39 Å². The Morgan fingerprint density at radius 3 is 2.29 bits per heavy atom. The first-order valence-electron chi connectivity index (χ1n) is 9.38. The number of ether oxygens (including phenoxy) is 2. The van der Waals surface area contributed by atoms with Crippen molar-refractivity contribution in [1.82, 2.24) is 0 Å². The fourth-order valence-corrected chi connectivity index (χ4v) is 3.32. The third-order valence-corrected chi connectivity index (χ3v) is 4.77. The average molecular weight is 388 g/mol. The van der Waals surface area contributed by atoms with Crippen LogP contribution in [0.25, 0.3) is 21.9 Å². The lowest BCUT2D eigenvalue weighted by Gasteiger charge is -2.13. The molecule has 0 N–H and O–H groups in total. The fourth-order valence-electron chi connectivity index (χ4n) is 3.32. The zero-order chi connectivity index (χ0) is 20.1. The predicted molar refractivity (Wildman–Crippen MR) is 106 cm³/mol. The maximum Gasteiger partial charge on any atom is 0.387 e. The van der Waals surface area contributed by atoms with E-state index in [0.29, 0.717) is 10.8 Å². The van der Waals surface area contributed by atoms with Gasteiger partial charge in [-0.1, -0.05) is 56.2 Å². The molecular formula is C23H23F3O2. The lowest BCUT2D eigenvalue weighted by Crippen LogP contribution is -2.04. The molecule has 0 saturated carbocycles. The molecule has 0 atom stereocenters. The van der Waals surface area contributed by atoms with Crippen molar-refractivity contribution in [3.63, 3.8) is 0 Å².